The van der Waals surface area contributed by atoms with E-state index in [1.165, 1.54) is 7.11 Å². The molecule has 0 aliphatic rings. The van der Waals surface area contributed by atoms with Crippen LogP contribution in [0.3, 0.4) is 0 Å². The molecule has 2 N–H and O–H groups in total. The topological polar surface area (TPSA) is 53.1 Å². The molecule has 0 amide bonds. The van der Waals surface area contributed by atoms with Crippen LogP contribution in [0.25, 0.3) is 11.0 Å². The van der Waals surface area contributed by atoms with E-state index in [0.29, 0.717) is 19.4 Å². The molecule has 4 nitrogen and oxygen atoms in total. The zero-order valence-corrected chi connectivity index (χ0v) is 12.8. The van der Waals surface area contributed by atoms with Crippen molar-refractivity contribution >= 4 is 11.0 Å². The van der Waals surface area contributed by atoms with Crippen LogP contribution in [0.5, 0.6) is 0 Å². The van der Waals surface area contributed by atoms with Crippen molar-refractivity contribution < 1.29 is 9.13 Å². The number of aryl methyl sites for hydroxylation is 1. The average molecular weight is 293 g/mol. The van der Waals surface area contributed by atoms with Crippen LogP contribution in [0.4, 0.5) is 4.39 Å². The Morgan fingerprint density at radius 3 is 2.81 bits per heavy atom. The molecule has 1 aromatic heterocycles. The fourth-order valence-corrected chi connectivity index (χ4v) is 2.79. The van der Waals surface area contributed by atoms with Gasteiger partial charge < -0.3 is 15.0 Å². The second-order valence-corrected chi connectivity index (χ2v) is 5.41. The van der Waals surface area contributed by atoms with Gasteiger partial charge in [-0.25, -0.2) is 9.37 Å². The lowest BCUT2D eigenvalue weighted by Crippen LogP contribution is -2.33. The number of nitrogens with zero attached hydrogens (tertiary/aromatic N) is 2. The van der Waals surface area contributed by atoms with Crippen molar-refractivity contribution in [2.75, 3.05) is 20.3 Å². The van der Waals surface area contributed by atoms with Crippen molar-refractivity contribution in [2.24, 2.45) is 5.73 Å². The molecule has 0 aliphatic heterocycles. The number of halogens is 1. The number of ether oxygens (including phenoxy) is 1. The molecule has 0 radical (unpaired) electrons. The number of fused-ring (bicyclic) bond motifs is 1. The molecule has 0 spiro atoms. The third-order valence-electron chi connectivity index (χ3n) is 3.76. The third-order valence-corrected chi connectivity index (χ3v) is 3.76. The Morgan fingerprint density at radius 2 is 2.14 bits per heavy atom. The van der Waals surface area contributed by atoms with Crippen molar-refractivity contribution in [2.45, 2.75) is 38.4 Å². The fourth-order valence-electron chi connectivity index (χ4n) is 2.79. The third kappa shape index (κ3) is 3.60. The maximum absolute atomic E-state index is 15.1. The molecule has 5 heteroatoms. The molecule has 1 aromatic carbocycles. The van der Waals surface area contributed by atoms with E-state index < -0.39 is 5.67 Å². The number of alkyl halides is 1. The van der Waals surface area contributed by atoms with E-state index in [2.05, 4.69) is 9.55 Å². The Hall–Kier alpha value is -1.46. The van der Waals surface area contributed by atoms with E-state index in [-0.39, 0.29) is 13.0 Å². The lowest BCUT2D eigenvalue weighted by atomic mass is 9.96. The van der Waals surface area contributed by atoms with Crippen LogP contribution in [0.1, 0.15) is 25.6 Å². The van der Waals surface area contributed by atoms with Gasteiger partial charge in [0.15, 0.2) is 0 Å². The van der Waals surface area contributed by atoms with Crippen LogP contribution in [0.15, 0.2) is 24.3 Å². The predicted octanol–water partition coefficient (Wildman–Crippen LogP) is 2.69. The van der Waals surface area contributed by atoms with Crippen molar-refractivity contribution in [3.63, 3.8) is 0 Å². The smallest absolute Gasteiger partial charge is 0.141 e. The maximum Gasteiger partial charge on any atom is 0.141 e. The Labute approximate surface area is 125 Å². The molecule has 0 saturated heterocycles. The van der Waals surface area contributed by atoms with Gasteiger partial charge in [-0.05, 0) is 38.4 Å². The van der Waals surface area contributed by atoms with Gasteiger partial charge in [0.2, 0.25) is 0 Å². The van der Waals surface area contributed by atoms with E-state index in [1.54, 1.807) is 0 Å². The van der Waals surface area contributed by atoms with Crippen molar-refractivity contribution in [3.05, 3.63) is 30.1 Å². The summed E-state index contributed by atoms with van der Waals surface area (Å²) in [6.07, 6.45) is 1.29. The van der Waals surface area contributed by atoms with Crippen LogP contribution < -0.4 is 5.73 Å². The number of imidazole rings is 1. The number of nitrogens with two attached hydrogens (primary N) is 1. The van der Waals surface area contributed by atoms with Crippen LogP contribution in [0, 0.1) is 0 Å². The normalized spacial score (nSPS) is 14.5. The van der Waals surface area contributed by atoms with Gasteiger partial charge in [0.05, 0.1) is 17.6 Å². The Morgan fingerprint density at radius 1 is 1.38 bits per heavy atom. The first kappa shape index (κ1) is 15.9. The minimum atomic E-state index is -1.41. The summed E-state index contributed by atoms with van der Waals surface area (Å²) in [4.78, 5) is 4.60. The number of methoxy groups -OCH3 is 1. The Balaban J connectivity index is 2.31. The van der Waals surface area contributed by atoms with Gasteiger partial charge in [-0.2, -0.15) is 0 Å². The zero-order chi connectivity index (χ0) is 15.3. The molecule has 0 fully saturated rings. The minimum Gasteiger partial charge on any atom is -0.381 e. The minimum absolute atomic E-state index is 0.0694. The van der Waals surface area contributed by atoms with Crippen molar-refractivity contribution in [1.29, 1.82) is 0 Å². The van der Waals surface area contributed by atoms with E-state index in [1.807, 2.05) is 31.2 Å². The summed E-state index contributed by atoms with van der Waals surface area (Å²) in [6.45, 7) is 3.38. The molecule has 0 aliphatic carbocycles. The highest BCUT2D eigenvalue weighted by Crippen LogP contribution is 2.26. The molecule has 2 aromatic rings. The number of aromatic nitrogens is 2. The summed E-state index contributed by atoms with van der Waals surface area (Å²) in [5, 5.41) is 0. The highest BCUT2D eigenvalue weighted by atomic mass is 19.1. The van der Waals surface area contributed by atoms with Crippen molar-refractivity contribution in [1.82, 2.24) is 9.55 Å². The highest BCUT2D eigenvalue weighted by Gasteiger charge is 2.31. The summed E-state index contributed by atoms with van der Waals surface area (Å²) in [5.74, 6) is 0.773. The fraction of sp³-hybridized carbons (Fsp3) is 0.562. The number of hydrogen-bond acceptors (Lipinski definition) is 3. The van der Waals surface area contributed by atoms with Crippen LogP contribution in [0.2, 0.25) is 0 Å². The largest absolute Gasteiger partial charge is 0.381 e. The van der Waals surface area contributed by atoms with Crippen LogP contribution in [-0.4, -0.2) is 35.5 Å². The van der Waals surface area contributed by atoms with E-state index in [9.17, 15) is 0 Å². The summed E-state index contributed by atoms with van der Waals surface area (Å²) in [5.41, 5.74) is 6.06. The molecule has 2 rings (SSSR count). The lowest BCUT2D eigenvalue weighted by molar-refractivity contribution is 0.0315. The number of benzene rings is 1. The van der Waals surface area contributed by atoms with Gasteiger partial charge in [-0.1, -0.05) is 12.1 Å². The van der Waals surface area contributed by atoms with Gasteiger partial charge in [0, 0.05) is 20.1 Å². The molecule has 0 saturated carbocycles. The molecule has 1 heterocycles. The summed E-state index contributed by atoms with van der Waals surface area (Å²) < 4.78 is 22.2. The molecule has 0 bridgehead atoms. The summed E-state index contributed by atoms with van der Waals surface area (Å²) >= 11 is 0. The Bertz CT molecular complexity index is 584. The SMILES string of the molecule is CCn1c(CC(F)(CCCN)COC)nc2ccccc21. The monoisotopic (exact) mass is 293 g/mol. The van der Waals surface area contributed by atoms with Crippen molar-refractivity contribution in [3.8, 4) is 0 Å². The quantitative estimate of drug-likeness (QED) is 0.814. The van der Waals surface area contributed by atoms with Gasteiger partial charge >= 0.3 is 0 Å². The molecule has 21 heavy (non-hydrogen) atoms. The van der Waals surface area contributed by atoms with E-state index in [4.69, 9.17) is 10.5 Å². The van der Waals surface area contributed by atoms with Crippen LogP contribution >= 0.6 is 0 Å². The number of para-hydroxylation sites is 2. The second kappa shape index (κ2) is 7.00. The first-order chi connectivity index (χ1) is 10.1. The predicted molar refractivity (Wildman–Crippen MR) is 83.1 cm³/mol. The summed E-state index contributed by atoms with van der Waals surface area (Å²) in [6, 6.07) is 7.91. The van der Waals surface area contributed by atoms with Crippen LogP contribution in [-0.2, 0) is 17.7 Å². The molecule has 116 valence electrons. The first-order valence-electron chi connectivity index (χ1n) is 7.45. The molecular formula is C16H24FN3O. The van der Waals surface area contributed by atoms with Gasteiger partial charge in [-0.3, -0.25) is 0 Å². The standard InChI is InChI=1S/C16H24FN3O/c1-3-20-14-8-5-4-7-13(14)19-15(20)11-16(17,12-21-2)9-6-10-18/h4-5,7-8H,3,6,9-12,18H2,1-2H3. The van der Waals surface area contributed by atoms with Gasteiger partial charge in [0.25, 0.3) is 0 Å². The first-order valence-corrected chi connectivity index (χ1v) is 7.45. The molecule has 1 atom stereocenters. The molecular weight excluding hydrogens is 269 g/mol. The zero-order valence-electron chi connectivity index (χ0n) is 12.8. The van der Waals surface area contributed by atoms with Gasteiger partial charge in [0.1, 0.15) is 11.5 Å². The van der Waals surface area contributed by atoms with Gasteiger partial charge in [-0.15, -0.1) is 0 Å². The average Bonchev–Trinajstić information content (AvgIpc) is 2.82. The maximum atomic E-state index is 15.1. The number of hydrogen-bond donors (Lipinski definition) is 1. The number of rotatable bonds is 8. The highest BCUT2D eigenvalue weighted by molar-refractivity contribution is 5.75. The molecule has 1 unspecified atom stereocenters. The second-order valence-electron chi connectivity index (χ2n) is 5.41. The Kier molecular flexibility index (Phi) is 5.31. The van der Waals surface area contributed by atoms with E-state index in [0.717, 1.165) is 23.4 Å². The summed E-state index contributed by atoms with van der Waals surface area (Å²) in [7, 11) is 1.53. The lowest BCUT2D eigenvalue weighted by Gasteiger charge is -2.24. The van der Waals surface area contributed by atoms with E-state index >= 15 is 4.39 Å².